The van der Waals surface area contributed by atoms with Crippen LogP contribution < -0.4 is 10.6 Å². The zero-order chi connectivity index (χ0) is 14.8. The minimum Gasteiger partial charge on any atom is -0.365 e. The number of hydrogen-bond donors (Lipinski definition) is 2. The first-order valence-electron chi connectivity index (χ1n) is 5.81. The molecule has 8 heteroatoms. The number of anilines is 2. The second kappa shape index (κ2) is 5.66. The Labute approximate surface area is 118 Å². The van der Waals surface area contributed by atoms with Gasteiger partial charge < -0.3 is 10.6 Å². The Bertz CT molecular complexity index is 595. The number of alkyl halides is 3. The molecule has 0 unspecified atom stereocenters. The van der Waals surface area contributed by atoms with Gasteiger partial charge in [-0.15, -0.1) is 11.3 Å². The van der Waals surface area contributed by atoms with E-state index in [-0.39, 0.29) is 11.8 Å². The Morgan fingerprint density at radius 1 is 1.30 bits per heavy atom. The lowest BCUT2D eigenvalue weighted by molar-refractivity contribution is -0.141. The molecule has 2 heterocycles. The van der Waals surface area contributed by atoms with Gasteiger partial charge in [-0.05, 0) is 23.9 Å². The summed E-state index contributed by atoms with van der Waals surface area (Å²) in [5.41, 5.74) is 0.128. The van der Waals surface area contributed by atoms with E-state index in [4.69, 9.17) is 0 Å². The van der Waals surface area contributed by atoms with Crippen molar-refractivity contribution in [1.29, 1.82) is 0 Å². The van der Waals surface area contributed by atoms with Crippen molar-refractivity contribution in [3.63, 3.8) is 0 Å². The average molecular weight is 302 g/mol. The molecule has 20 heavy (non-hydrogen) atoms. The normalized spacial score (nSPS) is 11.4. The number of aromatic nitrogens is 2. The molecule has 0 aliphatic carbocycles. The van der Waals surface area contributed by atoms with E-state index in [2.05, 4.69) is 20.6 Å². The third-order valence-electron chi connectivity index (χ3n) is 2.64. The zero-order valence-electron chi connectivity index (χ0n) is 10.9. The predicted octanol–water partition coefficient (Wildman–Crippen LogP) is 3.52. The fraction of sp³-hybridized carbons (Fsp3) is 0.333. The molecule has 2 rings (SSSR count). The van der Waals surface area contributed by atoms with E-state index in [0.29, 0.717) is 6.54 Å². The largest absolute Gasteiger partial charge is 0.433 e. The molecule has 0 amide bonds. The van der Waals surface area contributed by atoms with Gasteiger partial charge in [0.25, 0.3) is 0 Å². The molecule has 0 aliphatic heterocycles. The highest BCUT2D eigenvalue weighted by Crippen LogP contribution is 2.29. The molecular formula is C12H13F3N4S. The quantitative estimate of drug-likeness (QED) is 0.907. The molecule has 2 aromatic rings. The third-order valence-corrected chi connectivity index (χ3v) is 3.66. The van der Waals surface area contributed by atoms with Gasteiger partial charge in [-0.1, -0.05) is 0 Å². The topological polar surface area (TPSA) is 49.8 Å². The highest BCUT2D eigenvalue weighted by atomic mass is 32.1. The van der Waals surface area contributed by atoms with Crippen LogP contribution in [-0.4, -0.2) is 17.0 Å². The molecule has 0 spiro atoms. The smallest absolute Gasteiger partial charge is 0.365 e. The Balaban J connectivity index is 2.21. The van der Waals surface area contributed by atoms with Crippen molar-refractivity contribution in [2.75, 3.05) is 17.7 Å². The van der Waals surface area contributed by atoms with Crippen molar-refractivity contribution in [3.05, 3.63) is 33.6 Å². The van der Waals surface area contributed by atoms with Crippen molar-refractivity contribution in [2.45, 2.75) is 19.6 Å². The maximum atomic E-state index is 12.7. The minimum atomic E-state index is -4.50. The maximum Gasteiger partial charge on any atom is 0.433 e. The van der Waals surface area contributed by atoms with Gasteiger partial charge in [0, 0.05) is 18.0 Å². The number of aryl methyl sites for hydroxylation is 1. The number of thiophene rings is 1. The van der Waals surface area contributed by atoms with E-state index in [9.17, 15) is 13.2 Å². The van der Waals surface area contributed by atoms with E-state index in [1.807, 2.05) is 18.4 Å². The monoisotopic (exact) mass is 302 g/mol. The average Bonchev–Trinajstić information content (AvgIpc) is 2.80. The molecule has 0 aliphatic rings. The number of nitrogens with one attached hydrogen (secondary N) is 2. The fourth-order valence-electron chi connectivity index (χ4n) is 1.55. The number of halogens is 3. The molecule has 0 aromatic carbocycles. The maximum absolute atomic E-state index is 12.7. The second-order valence-corrected chi connectivity index (χ2v) is 5.09. The van der Waals surface area contributed by atoms with E-state index < -0.39 is 11.9 Å². The summed E-state index contributed by atoms with van der Waals surface area (Å²) in [5, 5.41) is 7.36. The summed E-state index contributed by atoms with van der Waals surface area (Å²) >= 11 is 1.54. The van der Waals surface area contributed by atoms with Gasteiger partial charge in [0.2, 0.25) is 5.95 Å². The van der Waals surface area contributed by atoms with Crippen molar-refractivity contribution in [1.82, 2.24) is 9.97 Å². The minimum absolute atomic E-state index is 0.0646. The van der Waals surface area contributed by atoms with Crippen LogP contribution in [0.5, 0.6) is 0 Å². The van der Waals surface area contributed by atoms with Gasteiger partial charge in [0.1, 0.15) is 5.82 Å². The van der Waals surface area contributed by atoms with E-state index in [1.54, 1.807) is 11.3 Å². The first kappa shape index (κ1) is 14.6. The molecule has 2 N–H and O–H groups in total. The fourth-order valence-corrected chi connectivity index (χ4v) is 2.40. The van der Waals surface area contributed by atoms with Gasteiger partial charge >= 0.3 is 6.18 Å². The summed E-state index contributed by atoms with van der Waals surface area (Å²) in [6, 6.07) is 2.87. The summed E-state index contributed by atoms with van der Waals surface area (Å²) in [4.78, 5) is 8.43. The van der Waals surface area contributed by atoms with Crippen molar-refractivity contribution in [2.24, 2.45) is 0 Å². The van der Waals surface area contributed by atoms with Crippen LogP contribution in [0.2, 0.25) is 0 Å². The Hall–Kier alpha value is -1.83. The van der Waals surface area contributed by atoms with E-state index in [0.717, 1.165) is 16.5 Å². The Morgan fingerprint density at radius 2 is 2.05 bits per heavy atom. The van der Waals surface area contributed by atoms with Crippen LogP contribution >= 0.6 is 11.3 Å². The molecule has 0 saturated heterocycles. The van der Waals surface area contributed by atoms with Gasteiger partial charge in [0.15, 0.2) is 5.69 Å². The van der Waals surface area contributed by atoms with Crippen LogP contribution in [0, 0.1) is 6.92 Å². The van der Waals surface area contributed by atoms with Gasteiger partial charge in [-0.2, -0.15) is 18.2 Å². The van der Waals surface area contributed by atoms with Crippen LogP contribution in [0.15, 0.2) is 17.5 Å². The number of nitrogens with zero attached hydrogens (tertiary/aromatic N) is 2. The predicted molar refractivity (Wildman–Crippen MR) is 73.0 cm³/mol. The lowest BCUT2D eigenvalue weighted by Crippen LogP contribution is -2.13. The molecule has 108 valence electrons. The van der Waals surface area contributed by atoms with Crippen LogP contribution in [0.4, 0.5) is 24.9 Å². The number of rotatable bonds is 4. The van der Waals surface area contributed by atoms with Crippen molar-refractivity contribution < 1.29 is 13.2 Å². The third kappa shape index (κ3) is 3.38. The molecule has 0 radical (unpaired) electrons. The van der Waals surface area contributed by atoms with Crippen molar-refractivity contribution >= 4 is 23.1 Å². The Morgan fingerprint density at radius 3 is 2.60 bits per heavy atom. The second-order valence-electron chi connectivity index (χ2n) is 4.09. The van der Waals surface area contributed by atoms with Crippen LogP contribution in [0.25, 0.3) is 0 Å². The number of hydrogen-bond acceptors (Lipinski definition) is 5. The molecule has 0 atom stereocenters. The summed E-state index contributed by atoms with van der Waals surface area (Å²) in [6.45, 7) is 2.38. The van der Waals surface area contributed by atoms with Gasteiger partial charge in [-0.3, -0.25) is 0 Å². The lowest BCUT2D eigenvalue weighted by Gasteiger charge is -2.11. The van der Waals surface area contributed by atoms with Crippen LogP contribution in [0.3, 0.4) is 0 Å². The standard InChI is InChI=1S/C12H13F3N4S/c1-7-3-4-20-8(7)6-17-10-5-9(12(13,14)15)18-11(16-2)19-10/h3-5H,6H2,1-2H3,(H2,16,17,18,19). The summed E-state index contributed by atoms with van der Waals surface area (Å²) < 4.78 is 38.2. The first-order valence-corrected chi connectivity index (χ1v) is 6.69. The highest BCUT2D eigenvalue weighted by molar-refractivity contribution is 7.10. The van der Waals surface area contributed by atoms with Crippen molar-refractivity contribution in [3.8, 4) is 0 Å². The van der Waals surface area contributed by atoms with Gasteiger partial charge in [0.05, 0.1) is 6.54 Å². The summed E-state index contributed by atoms with van der Waals surface area (Å²) in [5.74, 6) is 0.0784. The Kier molecular flexibility index (Phi) is 4.12. The highest BCUT2D eigenvalue weighted by Gasteiger charge is 2.33. The molecule has 0 bridgehead atoms. The summed E-state index contributed by atoms with van der Waals surface area (Å²) in [7, 11) is 1.47. The molecule has 0 fully saturated rings. The molecule has 2 aromatic heterocycles. The molecule has 4 nitrogen and oxygen atoms in total. The SMILES string of the molecule is CNc1nc(NCc2sccc2C)cc(C(F)(F)F)n1. The van der Waals surface area contributed by atoms with E-state index in [1.165, 1.54) is 7.05 Å². The van der Waals surface area contributed by atoms with E-state index >= 15 is 0 Å². The summed E-state index contributed by atoms with van der Waals surface area (Å²) in [6.07, 6.45) is -4.50. The zero-order valence-corrected chi connectivity index (χ0v) is 11.7. The van der Waals surface area contributed by atoms with Crippen LogP contribution in [0.1, 0.15) is 16.1 Å². The first-order chi connectivity index (χ1) is 9.40. The molecular weight excluding hydrogens is 289 g/mol. The lowest BCUT2D eigenvalue weighted by atomic mass is 10.3. The van der Waals surface area contributed by atoms with Gasteiger partial charge in [-0.25, -0.2) is 4.98 Å². The molecule has 0 saturated carbocycles. The van der Waals surface area contributed by atoms with Crippen LogP contribution in [-0.2, 0) is 12.7 Å².